The van der Waals surface area contributed by atoms with Crippen molar-refractivity contribution in [2.45, 2.75) is 11.8 Å². The molecule has 0 saturated carbocycles. The van der Waals surface area contributed by atoms with E-state index in [1.807, 2.05) is 84.9 Å². The van der Waals surface area contributed by atoms with Crippen molar-refractivity contribution in [1.82, 2.24) is 10.2 Å². The number of aromatic nitrogens is 2. The zero-order valence-corrected chi connectivity index (χ0v) is 19.1. The Balaban J connectivity index is 1.61. The summed E-state index contributed by atoms with van der Waals surface area (Å²) in [7, 11) is 0. The summed E-state index contributed by atoms with van der Waals surface area (Å²) in [5.74, 6) is 0.666. The molecular formula is C28H20Cl2N2O. The molecule has 0 aliphatic heterocycles. The van der Waals surface area contributed by atoms with Crippen molar-refractivity contribution >= 4 is 23.2 Å². The minimum atomic E-state index is -0.243. The summed E-state index contributed by atoms with van der Waals surface area (Å²) < 4.78 is 6.40. The van der Waals surface area contributed by atoms with Gasteiger partial charge in [0.15, 0.2) is 0 Å². The van der Waals surface area contributed by atoms with Gasteiger partial charge in [0.05, 0.1) is 11.8 Å². The van der Waals surface area contributed by atoms with Crippen LogP contribution in [0.5, 0.6) is 0 Å². The van der Waals surface area contributed by atoms with Gasteiger partial charge in [0.25, 0.3) is 0 Å². The molecule has 1 aromatic heterocycles. The van der Waals surface area contributed by atoms with Crippen LogP contribution in [-0.2, 0) is 0 Å². The van der Waals surface area contributed by atoms with E-state index in [1.54, 1.807) is 0 Å². The van der Waals surface area contributed by atoms with Gasteiger partial charge >= 0.3 is 0 Å². The van der Waals surface area contributed by atoms with Crippen LogP contribution in [0.3, 0.4) is 0 Å². The summed E-state index contributed by atoms with van der Waals surface area (Å²) in [6, 6.07) is 35.8. The van der Waals surface area contributed by atoms with Crippen molar-refractivity contribution in [1.29, 1.82) is 0 Å². The summed E-state index contributed by atoms with van der Waals surface area (Å²) in [4.78, 5) is 0. The summed E-state index contributed by atoms with van der Waals surface area (Å²) in [6.07, 6.45) is 0. The highest BCUT2D eigenvalue weighted by Crippen LogP contribution is 2.36. The molecule has 0 bridgehead atoms. The molecule has 5 rings (SSSR count). The van der Waals surface area contributed by atoms with Crippen LogP contribution in [0.4, 0.5) is 0 Å². The van der Waals surface area contributed by atoms with Crippen LogP contribution in [0.2, 0.25) is 10.0 Å². The molecular weight excluding hydrogens is 451 g/mol. The first-order chi connectivity index (χ1) is 16.2. The predicted octanol–water partition coefficient (Wildman–Crippen LogP) is 7.74. The summed E-state index contributed by atoms with van der Waals surface area (Å²) in [5.41, 5.74) is 4.20. The average Bonchev–Trinajstić information content (AvgIpc) is 3.32. The predicted molar refractivity (Wildman–Crippen MR) is 132 cm³/mol. The summed E-state index contributed by atoms with van der Waals surface area (Å²) in [6.45, 7) is 0. The maximum absolute atomic E-state index is 6.40. The zero-order valence-electron chi connectivity index (χ0n) is 17.6. The SMILES string of the molecule is Clc1ccc(C(c2ccc(Cl)cc2)c2nnc(C(c3ccccc3)c3ccccc3)o2)cc1. The molecule has 0 atom stereocenters. The Hall–Kier alpha value is -3.40. The van der Waals surface area contributed by atoms with Gasteiger partial charge in [-0.3, -0.25) is 0 Å². The quantitative estimate of drug-likeness (QED) is 0.254. The van der Waals surface area contributed by atoms with Gasteiger partial charge in [-0.1, -0.05) is 108 Å². The van der Waals surface area contributed by atoms with Gasteiger partial charge in [-0.15, -0.1) is 10.2 Å². The van der Waals surface area contributed by atoms with E-state index in [1.165, 1.54) is 0 Å². The van der Waals surface area contributed by atoms with Crippen molar-refractivity contribution in [2.24, 2.45) is 0 Å². The molecule has 0 saturated heterocycles. The van der Waals surface area contributed by atoms with Crippen LogP contribution in [0.25, 0.3) is 0 Å². The van der Waals surface area contributed by atoms with Crippen LogP contribution in [0, 0.1) is 0 Å². The topological polar surface area (TPSA) is 38.9 Å². The third kappa shape index (κ3) is 4.70. The number of nitrogens with zero attached hydrogens (tertiary/aromatic N) is 2. The second-order valence-corrected chi connectivity index (χ2v) is 8.64. The Morgan fingerprint density at radius 3 is 1.15 bits per heavy atom. The molecule has 0 amide bonds. The van der Waals surface area contributed by atoms with Gasteiger partial charge in [-0.05, 0) is 46.5 Å². The molecule has 33 heavy (non-hydrogen) atoms. The van der Waals surface area contributed by atoms with E-state index in [2.05, 4.69) is 34.5 Å². The maximum atomic E-state index is 6.40. The Morgan fingerprint density at radius 1 is 0.455 bits per heavy atom. The lowest BCUT2D eigenvalue weighted by atomic mass is 9.90. The number of benzene rings is 4. The molecule has 0 aliphatic rings. The molecule has 0 spiro atoms. The van der Waals surface area contributed by atoms with Gasteiger partial charge < -0.3 is 4.42 Å². The van der Waals surface area contributed by atoms with Crippen LogP contribution >= 0.6 is 23.2 Å². The fourth-order valence-electron chi connectivity index (χ4n) is 4.04. The molecule has 0 fully saturated rings. The van der Waals surface area contributed by atoms with Crippen molar-refractivity contribution in [2.75, 3.05) is 0 Å². The third-order valence-corrected chi connectivity index (χ3v) is 6.13. The van der Waals surface area contributed by atoms with Crippen LogP contribution in [0.15, 0.2) is 114 Å². The zero-order chi connectivity index (χ0) is 22.6. The van der Waals surface area contributed by atoms with Crippen molar-refractivity contribution in [3.8, 4) is 0 Å². The first-order valence-corrected chi connectivity index (χ1v) is 11.4. The number of hydrogen-bond donors (Lipinski definition) is 0. The highest BCUT2D eigenvalue weighted by atomic mass is 35.5. The van der Waals surface area contributed by atoms with Gasteiger partial charge in [-0.2, -0.15) is 0 Å². The fourth-order valence-corrected chi connectivity index (χ4v) is 4.29. The molecule has 1 heterocycles. The maximum Gasteiger partial charge on any atom is 0.228 e. The Bertz CT molecular complexity index is 1230. The molecule has 0 aliphatic carbocycles. The second kappa shape index (κ2) is 9.62. The number of hydrogen-bond acceptors (Lipinski definition) is 3. The number of rotatable bonds is 6. The molecule has 0 N–H and O–H groups in total. The first kappa shape index (κ1) is 21.4. The second-order valence-electron chi connectivity index (χ2n) is 7.77. The highest BCUT2D eigenvalue weighted by Gasteiger charge is 2.27. The third-order valence-electron chi connectivity index (χ3n) is 5.62. The van der Waals surface area contributed by atoms with E-state index < -0.39 is 0 Å². The van der Waals surface area contributed by atoms with Gasteiger partial charge in [0, 0.05) is 10.0 Å². The van der Waals surface area contributed by atoms with E-state index in [0.717, 1.165) is 22.3 Å². The van der Waals surface area contributed by atoms with E-state index in [-0.39, 0.29) is 11.8 Å². The van der Waals surface area contributed by atoms with Crippen LogP contribution in [0.1, 0.15) is 45.9 Å². The molecule has 0 unspecified atom stereocenters. The lowest BCUT2D eigenvalue weighted by Crippen LogP contribution is -2.04. The van der Waals surface area contributed by atoms with Crippen molar-refractivity contribution in [3.63, 3.8) is 0 Å². The minimum Gasteiger partial charge on any atom is -0.423 e. The molecule has 0 radical (unpaired) electrons. The molecule has 5 aromatic rings. The Kier molecular flexibility index (Phi) is 6.25. The van der Waals surface area contributed by atoms with Crippen molar-refractivity contribution < 1.29 is 4.42 Å². The van der Waals surface area contributed by atoms with E-state index in [4.69, 9.17) is 27.6 Å². The monoisotopic (exact) mass is 470 g/mol. The van der Waals surface area contributed by atoms with Gasteiger partial charge in [-0.25, -0.2) is 0 Å². The standard InChI is InChI=1S/C28H20Cl2N2O/c29-23-15-11-21(12-16-23)26(22-13-17-24(30)18-14-22)28-32-31-27(33-28)25(19-7-3-1-4-8-19)20-9-5-2-6-10-20/h1-18,25-26H. The van der Waals surface area contributed by atoms with E-state index in [9.17, 15) is 0 Å². The highest BCUT2D eigenvalue weighted by molar-refractivity contribution is 6.30. The lowest BCUT2D eigenvalue weighted by molar-refractivity contribution is 0.440. The average molecular weight is 471 g/mol. The van der Waals surface area contributed by atoms with Gasteiger partial charge in [0.1, 0.15) is 0 Å². The minimum absolute atomic E-state index is 0.162. The fraction of sp³-hybridized carbons (Fsp3) is 0.0714. The Labute approximate surface area is 202 Å². The van der Waals surface area contributed by atoms with Gasteiger partial charge in [0.2, 0.25) is 11.8 Å². The smallest absolute Gasteiger partial charge is 0.228 e. The van der Waals surface area contributed by atoms with Crippen molar-refractivity contribution in [3.05, 3.63) is 153 Å². The van der Waals surface area contributed by atoms with E-state index in [0.29, 0.717) is 21.8 Å². The molecule has 4 aromatic carbocycles. The summed E-state index contributed by atoms with van der Waals surface area (Å²) in [5, 5.41) is 10.4. The summed E-state index contributed by atoms with van der Waals surface area (Å²) >= 11 is 12.3. The van der Waals surface area contributed by atoms with Crippen LogP contribution in [-0.4, -0.2) is 10.2 Å². The van der Waals surface area contributed by atoms with E-state index >= 15 is 0 Å². The lowest BCUT2D eigenvalue weighted by Gasteiger charge is -2.16. The molecule has 3 nitrogen and oxygen atoms in total. The normalized spacial score (nSPS) is 11.3. The molecule has 162 valence electrons. The number of halogens is 2. The molecule has 5 heteroatoms. The largest absolute Gasteiger partial charge is 0.423 e. The Morgan fingerprint density at radius 2 is 0.788 bits per heavy atom. The van der Waals surface area contributed by atoms with Crippen LogP contribution < -0.4 is 0 Å². The first-order valence-electron chi connectivity index (χ1n) is 10.6.